The normalized spacial score (nSPS) is 11.9. The second-order valence-corrected chi connectivity index (χ2v) is 9.71. The molecule has 10 heteroatoms. The molecule has 1 aromatic heterocycles. The van der Waals surface area contributed by atoms with Gasteiger partial charge in [0.2, 0.25) is 0 Å². The Bertz CT molecular complexity index is 1210. The molecule has 0 atom stereocenters. The van der Waals surface area contributed by atoms with E-state index >= 15 is 0 Å². The van der Waals surface area contributed by atoms with Crippen molar-refractivity contribution in [3.05, 3.63) is 66.5 Å². The minimum absolute atomic E-state index is 0.0849. The number of hydrogen-bond donors (Lipinski definition) is 1. The lowest BCUT2D eigenvalue weighted by Gasteiger charge is -2.09. The van der Waals surface area contributed by atoms with Crippen LogP contribution in [0.1, 0.15) is 6.92 Å². The van der Waals surface area contributed by atoms with E-state index < -0.39 is 25.7 Å². The molecule has 146 valence electrons. The van der Waals surface area contributed by atoms with E-state index in [2.05, 4.69) is 14.9 Å². The van der Waals surface area contributed by atoms with Gasteiger partial charge >= 0.3 is 0 Å². The van der Waals surface area contributed by atoms with Crippen LogP contribution in [-0.4, -0.2) is 32.8 Å². The number of halogens is 1. The Morgan fingerprint density at radius 3 is 2.32 bits per heavy atom. The van der Waals surface area contributed by atoms with Crippen LogP contribution in [0, 0.1) is 5.82 Å². The van der Waals surface area contributed by atoms with Crippen LogP contribution >= 0.6 is 0 Å². The van der Waals surface area contributed by atoms with E-state index in [4.69, 9.17) is 0 Å². The number of nitrogens with one attached hydrogen (secondary N) is 1. The van der Waals surface area contributed by atoms with Gasteiger partial charge in [-0.1, -0.05) is 25.1 Å². The van der Waals surface area contributed by atoms with Crippen molar-refractivity contribution in [2.75, 3.05) is 10.5 Å². The van der Waals surface area contributed by atoms with Gasteiger partial charge < -0.3 is 0 Å². The Morgan fingerprint density at radius 2 is 1.68 bits per heavy atom. The summed E-state index contributed by atoms with van der Waals surface area (Å²) in [5.74, 6) is -0.743. The Balaban J connectivity index is 1.89. The minimum Gasteiger partial charge on any atom is -0.280 e. The molecule has 0 aliphatic heterocycles. The van der Waals surface area contributed by atoms with Gasteiger partial charge in [-0.25, -0.2) is 21.2 Å². The lowest BCUT2D eigenvalue weighted by molar-refractivity contribution is 0.591. The number of nitrogens with zero attached hydrogens (tertiary/aromatic N) is 2. The fraction of sp³-hybridized carbons (Fsp3) is 0.111. The highest BCUT2D eigenvalue weighted by Gasteiger charge is 2.16. The van der Waals surface area contributed by atoms with E-state index in [1.807, 2.05) is 0 Å². The molecular weight excluding hydrogens is 405 g/mol. The molecule has 0 bridgehead atoms. The van der Waals surface area contributed by atoms with Crippen LogP contribution in [0.15, 0.2) is 70.6 Å². The van der Waals surface area contributed by atoms with Crippen molar-refractivity contribution in [1.29, 1.82) is 0 Å². The lowest BCUT2D eigenvalue weighted by atomic mass is 10.1. The molecular formula is C18H16FN3O4S2. The number of aromatic nitrogens is 2. The first-order valence-electron chi connectivity index (χ1n) is 8.16. The molecule has 2 aromatic carbocycles. The fourth-order valence-electron chi connectivity index (χ4n) is 2.38. The summed E-state index contributed by atoms with van der Waals surface area (Å²) in [5, 5.41) is 7.53. The molecule has 0 aliphatic carbocycles. The lowest BCUT2D eigenvalue weighted by Crippen LogP contribution is -2.13. The molecule has 7 nitrogen and oxygen atoms in total. The van der Waals surface area contributed by atoms with Gasteiger partial charge in [0.1, 0.15) is 5.82 Å². The van der Waals surface area contributed by atoms with Crippen molar-refractivity contribution >= 4 is 25.5 Å². The van der Waals surface area contributed by atoms with Gasteiger partial charge in [0.15, 0.2) is 14.9 Å². The molecule has 0 spiro atoms. The number of anilines is 1. The summed E-state index contributed by atoms with van der Waals surface area (Å²) in [6.07, 6.45) is 0. The molecule has 0 unspecified atom stereocenters. The van der Waals surface area contributed by atoms with Gasteiger partial charge in [-0.15, -0.1) is 10.2 Å². The van der Waals surface area contributed by atoms with Crippen molar-refractivity contribution < 1.29 is 21.2 Å². The zero-order valence-corrected chi connectivity index (χ0v) is 16.3. The SMILES string of the molecule is CCS(=O)(=O)c1ccc(-c2cccc(NS(=O)(=O)c3cccc(F)c3)c2)nn1. The van der Waals surface area contributed by atoms with Gasteiger partial charge in [0.05, 0.1) is 16.3 Å². The third kappa shape index (κ3) is 4.34. The van der Waals surface area contributed by atoms with E-state index in [0.29, 0.717) is 11.3 Å². The molecule has 0 radical (unpaired) electrons. The van der Waals surface area contributed by atoms with Gasteiger partial charge in [-0.3, -0.25) is 4.72 Å². The van der Waals surface area contributed by atoms with Crippen LogP contribution < -0.4 is 4.72 Å². The average molecular weight is 421 g/mol. The van der Waals surface area contributed by atoms with Crippen LogP contribution in [0.25, 0.3) is 11.3 Å². The Labute approximate surface area is 162 Å². The highest BCUT2D eigenvalue weighted by Crippen LogP contribution is 2.23. The van der Waals surface area contributed by atoms with Crippen molar-refractivity contribution in [2.24, 2.45) is 0 Å². The van der Waals surface area contributed by atoms with Gasteiger partial charge in [0, 0.05) is 11.3 Å². The Hall–Kier alpha value is -2.85. The van der Waals surface area contributed by atoms with E-state index in [9.17, 15) is 21.2 Å². The highest BCUT2D eigenvalue weighted by molar-refractivity contribution is 7.92. The Morgan fingerprint density at radius 1 is 0.929 bits per heavy atom. The molecule has 1 heterocycles. The van der Waals surface area contributed by atoms with Crippen molar-refractivity contribution in [3.63, 3.8) is 0 Å². The summed E-state index contributed by atoms with van der Waals surface area (Å²) in [5.41, 5.74) is 1.16. The number of benzene rings is 2. The average Bonchev–Trinajstić information content (AvgIpc) is 2.68. The third-order valence-electron chi connectivity index (χ3n) is 3.86. The van der Waals surface area contributed by atoms with Crippen molar-refractivity contribution in [2.45, 2.75) is 16.8 Å². The summed E-state index contributed by atoms with van der Waals surface area (Å²) < 4.78 is 64.2. The van der Waals surface area contributed by atoms with Crippen LogP contribution in [-0.2, 0) is 19.9 Å². The van der Waals surface area contributed by atoms with E-state index in [-0.39, 0.29) is 21.4 Å². The monoisotopic (exact) mass is 421 g/mol. The Kier molecular flexibility index (Phi) is 5.43. The minimum atomic E-state index is -3.97. The summed E-state index contributed by atoms with van der Waals surface area (Å²) in [6.45, 7) is 1.51. The first-order chi connectivity index (χ1) is 13.2. The molecule has 28 heavy (non-hydrogen) atoms. The highest BCUT2D eigenvalue weighted by atomic mass is 32.2. The molecule has 0 amide bonds. The summed E-state index contributed by atoms with van der Waals surface area (Å²) in [4.78, 5) is -0.202. The molecule has 0 saturated carbocycles. The van der Waals surface area contributed by atoms with Gasteiger partial charge in [-0.2, -0.15) is 0 Å². The van der Waals surface area contributed by atoms with Crippen molar-refractivity contribution in [3.8, 4) is 11.3 Å². The second kappa shape index (κ2) is 7.64. The van der Waals surface area contributed by atoms with Crippen LogP contribution in [0.3, 0.4) is 0 Å². The van der Waals surface area contributed by atoms with Crippen LogP contribution in [0.4, 0.5) is 10.1 Å². The maximum Gasteiger partial charge on any atom is 0.261 e. The third-order valence-corrected chi connectivity index (χ3v) is 6.85. The van der Waals surface area contributed by atoms with Crippen LogP contribution in [0.2, 0.25) is 0 Å². The number of sulfonamides is 1. The second-order valence-electron chi connectivity index (χ2n) is 5.80. The van der Waals surface area contributed by atoms with E-state index in [1.165, 1.54) is 43.3 Å². The maximum atomic E-state index is 13.3. The van der Waals surface area contributed by atoms with E-state index in [1.54, 1.807) is 12.1 Å². The maximum absolute atomic E-state index is 13.3. The predicted molar refractivity (Wildman–Crippen MR) is 102 cm³/mol. The summed E-state index contributed by atoms with van der Waals surface area (Å²) in [6, 6.07) is 13.9. The van der Waals surface area contributed by atoms with E-state index in [0.717, 1.165) is 12.1 Å². The van der Waals surface area contributed by atoms with Crippen molar-refractivity contribution in [1.82, 2.24) is 10.2 Å². The first kappa shape index (κ1) is 19.9. The smallest absolute Gasteiger partial charge is 0.261 e. The molecule has 0 saturated heterocycles. The van der Waals surface area contributed by atoms with Gasteiger partial charge in [0.25, 0.3) is 10.0 Å². The zero-order valence-electron chi connectivity index (χ0n) is 14.7. The fourth-order valence-corrected chi connectivity index (χ4v) is 4.19. The van der Waals surface area contributed by atoms with Crippen LogP contribution in [0.5, 0.6) is 0 Å². The molecule has 1 N–H and O–H groups in total. The molecule has 0 fully saturated rings. The van der Waals surface area contributed by atoms with Gasteiger partial charge in [-0.05, 0) is 42.5 Å². The predicted octanol–water partition coefficient (Wildman–Crippen LogP) is 2.88. The molecule has 3 aromatic rings. The summed E-state index contributed by atoms with van der Waals surface area (Å²) in [7, 11) is -7.43. The molecule has 3 rings (SSSR count). The number of hydrogen-bond acceptors (Lipinski definition) is 6. The topological polar surface area (TPSA) is 106 Å². The number of sulfone groups is 1. The summed E-state index contributed by atoms with van der Waals surface area (Å²) >= 11 is 0. The quantitative estimate of drug-likeness (QED) is 0.656. The number of rotatable bonds is 6. The largest absolute Gasteiger partial charge is 0.280 e. The zero-order chi connectivity index (χ0) is 20.4. The standard InChI is InChI=1S/C18H16FN3O4S2/c1-2-27(23,24)18-10-9-17(20-21-18)13-5-3-7-15(11-13)22-28(25,26)16-8-4-6-14(19)12-16/h3-12,22H,2H2,1H3. The molecule has 0 aliphatic rings. The first-order valence-corrected chi connectivity index (χ1v) is 11.3.